The number of rotatable bonds is 5. The zero-order valence-corrected chi connectivity index (χ0v) is 15.3. The predicted molar refractivity (Wildman–Crippen MR) is 95.1 cm³/mol. The van der Waals surface area contributed by atoms with Crippen molar-refractivity contribution in [2.24, 2.45) is 7.05 Å². The highest BCUT2D eigenvalue weighted by atomic mass is 16.5. The summed E-state index contributed by atoms with van der Waals surface area (Å²) in [5.74, 6) is 1.67. The van der Waals surface area contributed by atoms with Gasteiger partial charge in [-0.2, -0.15) is 0 Å². The van der Waals surface area contributed by atoms with Gasteiger partial charge in [-0.25, -0.2) is 0 Å². The summed E-state index contributed by atoms with van der Waals surface area (Å²) < 4.78 is 12.8. The lowest BCUT2D eigenvalue weighted by molar-refractivity contribution is 0.00268. The first-order valence-electron chi connectivity index (χ1n) is 9.02. The largest absolute Gasteiger partial charge is 0.493 e. The Kier molecular flexibility index (Phi) is 4.15. The smallest absolute Gasteiger partial charge is 0.161 e. The van der Waals surface area contributed by atoms with Gasteiger partial charge in [0.1, 0.15) is 0 Å². The molecule has 2 aliphatic rings. The lowest BCUT2D eigenvalue weighted by Crippen LogP contribution is -2.55. The van der Waals surface area contributed by atoms with E-state index in [-0.39, 0.29) is 5.54 Å². The van der Waals surface area contributed by atoms with Crippen LogP contribution in [0.15, 0.2) is 18.3 Å². The van der Waals surface area contributed by atoms with Crippen molar-refractivity contribution in [3.8, 4) is 11.5 Å². The highest BCUT2D eigenvalue weighted by Gasteiger charge is 2.47. The number of aryl methyl sites for hydroxylation is 1. The Morgan fingerprint density at radius 2 is 1.92 bits per heavy atom. The maximum atomic E-state index is 5.57. The Hall–Kier alpha value is -2.08. The molecule has 6 nitrogen and oxygen atoms in total. The molecule has 0 unspecified atom stereocenters. The number of ether oxygens (including phenoxy) is 2. The molecule has 134 valence electrons. The minimum absolute atomic E-state index is 0.162. The van der Waals surface area contributed by atoms with E-state index < -0.39 is 0 Å². The molecule has 6 heteroatoms. The van der Waals surface area contributed by atoms with Crippen LogP contribution >= 0.6 is 0 Å². The van der Waals surface area contributed by atoms with Crippen molar-refractivity contribution in [1.82, 2.24) is 19.9 Å². The molecular weight excluding hydrogens is 316 g/mol. The lowest BCUT2D eigenvalue weighted by Gasteiger charge is -2.54. The second-order valence-electron chi connectivity index (χ2n) is 7.12. The second-order valence-corrected chi connectivity index (χ2v) is 7.12. The molecule has 0 saturated heterocycles. The molecule has 4 rings (SSSR count). The molecule has 1 aromatic carbocycles. The number of aromatic nitrogens is 3. The van der Waals surface area contributed by atoms with Crippen LogP contribution in [0.5, 0.6) is 11.5 Å². The first-order chi connectivity index (χ1) is 12.2. The van der Waals surface area contributed by atoms with Crippen LogP contribution in [0, 0.1) is 0 Å². The van der Waals surface area contributed by atoms with Gasteiger partial charge in [0.05, 0.1) is 19.9 Å². The standard InChI is InChI=1S/C19H26N4O2/c1-22-13-15(20-21-22)6-10-23-9-5-14-11-17(24-2)18(25-3)12-16(14)19(23)7-4-8-19/h11-13H,4-10H2,1-3H3. The van der Waals surface area contributed by atoms with Gasteiger partial charge in [-0.1, -0.05) is 5.21 Å². The topological polar surface area (TPSA) is 52.4 Å². The molecule has 1 aliphatic carbocycles. The summed E-state index contributed by atoms with van der Waals surface area (Å²) in [6.45, 7) is 2.11. The van der Waals surface area contributed by atoms with Crippen LogP contribution in [0.1, 0.15) is 36.1 Å². The Morgan fingerprint density at radius 3 is 2.52 bits per heavy atom. The molecule has 1 saturated carbocycles. The third-order valence-corrected chi connectivity index (χ3v) is 5.84. The molecule has 1 spiro atoms. The summed E-state index contributed by atoms with van der Waals surface area (Å²) in [6.07, 6.45) is 7.73. The van der Waals surface area contributed by atoms with Crippen molar-refractivity contribution in [3.63, 3.8) is 0 Å². The van der Waals surface area contributed by atoms with Crippen LogP contribution in [-0.2, 0) is 25.4 Å². The molecular formula is C19H26N4O2. The number of hydrogen-bond donors (Lipinski definition) is 0. The third-order valence-electron chi connectivity index (χ3n) is 5.84. The highest BCUT2D eigenvalue weighted by molar-refractivity contribution is 5.51. The SMILES string of the molecule is COc1cc2c(cc1OC)C1(CCC1)N(CCc1cn(C)nn1)CC2. The van der Waals surface area contributed by atoms with Gasteiger partial charge in [0.25, 0.3) is 0 Å². The molecule has 1 fully saturated rings. The average molecular weight is 342 g/mol. The summed E-state index contributed by atoms with van der Waals surface area (Å²) in [5.41, 5.74) is 4.07. The molecule has 25 heavy (non-hydrogen) atoms. The Balaban J connectivity index is 1.62. The van der Waals surface area contributed by atoms with E-state index in [1.807, 2.05) is 13.2 Å². The monoisotopic (exact) mass is 342 g/mol. The highest BCUT2D eigenvalue weighted by Crippen LogP contribution is 2.51. The van der Waals surface area contributed by atoms with Crippen molar-refractivity contribution in [3.05, 3.63) is 35.2 Å². The fourth-order valence-corrected chi connectivity index (χ4v) is 4.38. The van der Waals surface area contributed by atoms with E-state index in [4.69, 9.17) is 9.47 Å². The molecule has 1 aliphatic heterocycles. The molecule has 0 bridgehead atoms. The predicted octanol–water partition coefficient (Wildman–Crippen LogP) is 2.31. The van der Waals surface area contributed by atoms with Gasteiger partial charge < -0.3 is 9.47 Å². The Labute approximate surface area is 148 Å². The number of fused-ring (bicyclic) bond motifs is 2. The van der Waals surface area contributed by atoms with E-state index in [1.165, 1.54) is 30.4 Å². The Morgan fingerprint density at radius 1 is 1.16 bits per heavy atom. The summed E-state index contributed by atoms with van der Waals surface area (Å²) in [5, 5.41) is 8.28. The van der Waals surface area contributed by atoms with E-state index in [0.717, 1.165) is 43.1 Å². The van der Waals surface area contributed by atoms with Crippen LogP contribution in [0.25, 0.3) is 0 Å². The molecule has 0 amide bonds. The van der Waals surface area contributed by atoms with Crippen LogP contribution in [0.2, 0.25) is 0 Å². The van der Waals surface area contributed by atoms with Gasteiger partial charge in [-0.05, 0) is 48.9 Å². The first kappa shape index (κ1) is 16.4. The van der Waals surface area contributed by atoms with E-state index in [9.17, 15) is 0 Å². The van der Waals surface area contributed by atoms with Crippen molar-refractivity contribution in [1.29, 1.82) is 0 Å². The van der Waals surface area contributed by atoms with Crippen molar-refractivity contribution in [2.75, 3.05) is 27.3 Å². The molecule has 0 N–H and O–H groups in total. The summed E-state index contributed by atoms with van der Waals surface area (Å²) >= 11 is 0. The lowest BCUT2D eigenvalue weighted by atomic mass is 9.66. The average Bonchev–Trinajstić information content (AvgIpc) is 3.01. The van der Waals surface area contributed by atoms with Crippen LogP contribution in [-0.4, -0.2) is 47.2 Å². The van der Waals surface area contributed by atoms with Crippen LogP contribution in [0.4, 0.5) is 0 Å². The number of nitrogens with zero attached hydrogens (tertiary/aromatic N) is 4. The fraction of sp³-hybridized carbons (Fsp3) is 0.579. The van der Waals surface area contributed by atoms with E-state index in [1.54, 1.807) is 18.9 Å². The van der Waals surface area contributed by atoms with Crippen LogP contribution < -0.4 is 9.47 Å². The van der Waals surface area contributed by atoms with Crippen molar-refractivity contribution >= 4 is 0 Å². The summed E-state index contributed by atoms with van der Waals surface area (Å²) in [7, 11) is 5.34. The van der Waals surface area contributed by atoms with Crippen LogP contribution in [0.3, 0.4) is 0 Å². The number of benzene rings is 1. The second kappa shape index (κ2) is 6.33. The summed E-state index contributed by atoms with van der Waals surface area (Å²) in [6, 6.07) is 4.38. The maximum absolute atomic E-state index is 5.57. The molecule has 2 heterocycles. The van der Waals surface area contributed by atoms with E-state index in [2.05, 4.69) is 27.3 Å². The molecule has 2 aromatic rings. The van der Waals surface area contributed by atoms with Gasteiger partial charge in [0.2, 0.25) is 0 Å². The zero-order valence-electron chi connectivity index (χ0n) is 15.3. The third kappa shape index (κ3) is 2.68. The first-order valence-corrected chi connectivity index (χ1v) is 9.02. The van der Waals surface area contributed by atoms with Gasteiger partial charge in [0, 0.05) is 38.3 Å². The van der Waals surface area contributed by atoms with Gasteiger partial charge in [0.15, 0.2) is 11.5 Å². The Bertz CT molecular complexity index is 767. The fourth-order valence-electron chi connectivity index (χ4n) is 4.38. The minimum Gasteiger partial charge on any atom is -0.493 e. The molecule has 0 radical (unpaired) electrons. The number of methoxy groups -OCH3 is 2. The van der Waals surface area contributed by atoms with E-state index >= 15 is 0 Å². The van der Waals surface area contributed by atoms with Gasteiger partial charge in [-0.15, -0.1) is 5.10 Å². The van der Waals surface area contributed by atoms with Gasteiger partial charge in [-0.3, -0.25) is 9.58 Å². The minimum atomic E-state index is 0.162. The normalized spacial score (nSPS) is 18.7. The van der Waals surface area contributed by atoms with Gasteiger partial charge >= 0.3 is 0 Å². The summed E-state index contributed by atoms with van der Waals surface area (Å²) in [4.78, 5) is 2.65. The zero-order chi connectivity index (χ0) is 17.4. The van der Waals surface area contributed by atoms with Crippen molar-refractivity contribution < 1.29 is 9.47 Å². The quantitative estimate of drug-likeness (QED) is 0.835. The number of hydrogen-bond acceptors (Lipinski definition) is 5. The molecule has 1 aromatic heterocycles. The molecule has 0 atom stereocenters. The van der Waals surface area contributed by atoms with E-state index in [0.29, 0.717) is 0 Å². The van der Waals surface area contributed by atoms with Crippen molar-refractivity contribution in [2.45, 2.75) is 37.6 Å². The maximum Gasteiger partial charge on any atom is 0.161 e.